The first kappa shape index (κ1) is 14.1. The van der Waals surface area contributed by atoms with Gasteiger partial charge in [-0.1, -0.05) is 6.07 Å². The van der Waals surface area contributed by atoms with E-state index in [1.54, 1.807) is 12.3 Å². The molecular formula is C15H13F2N3. The zero-order valence-corrected chi connectivity index (χ0v) is 11.0. The van der Waals surface area contributed by atoms with Crippen molar-refractivity contribution in [1.82, 2.24) is 10.3 Å². The highest BCUT2D eigenvalue weighted by Crippen LogP contribution is 2.15. The van der Waals surface area contributed by atoms with Crippen molar-refractivity contribution in [1.29, 1.82) is 5.26 Å². The Hall–Kier alpha value is -2.32. The van der Waals surface area contributed by atoms with Gasteiger partial charge >= 0.3 is 0 Å². The molecule has 5 heteroatoms. The van der Waals surface area contributed by atoms with E-state index < -0.39 is 11.6 Å². The van der Waals surface area contributed by atoms with Gasteiger partial charge in [0.1, 0.15) is 11.6 Å². The molecule has 0 aliphatic rings. The minimum atomic E-state index is -0.716. The van der Waals surface area contributed by atoms with Crippen LogP contribution in [0.15, 0.2) is 30.5 Å². The minimum absolute atomic E-state index is 0.0238. The summed E-state index contributed by atoms with van der Waals surface area (Å²) in [5.41, 5.74) is 1.75. The molecule has 0 bridgehead atoms. The van der Waals surface area contributed by atoms with Gasteiger partial charge in [-0.15, -0.1) is 0 Å². The summed E-state index contributed by atoms with van der Waals surface area (Å²) in [6.45, 7) is 2.39. The number of nitrogens with one attached hydrogen (secondary N) is 1. The fourth-order valence-corrected chi connectivity index (χ4v) is 1.85. The second kappa shape index (κ2) is 6.22. The zero-order valence-electron chi connectivity index (χ0n) is 11.0. The van der Waals surface area contributed by atoms with E-state index in [0.717, 1.165) is 23.4 Å². The van der Waals surface area contributed by atoms with Gasteiger partial charge in [-0.3, -0.25) is 4.98 Å². The molecule has 2 aromatic rings. The lowest BCUT2D eigenvalue weighted by Crippen LogP contribution is -2.16. The van der Waals surface area contributed by atoms with Crippen LogP contribution in [0.5, 0.6) is 0 Å². The van der Waals surface area contributed by atoms with E-state index in [4.69, 9.17) is 5.26 Å². The second-order valence-corrected chi connectivity index (χ2v) is 4.40. The third-order valence-electron chi connectivity index (χ3n) is 2.98. The van der Waals surface area contributed by atoms with Crippen molar-refractivity contribution in [3.8, 4) is 6.07 Å². The van der Waals surface area contributed by atoms with E-state index in [2.05, 4.69) is 10.3 Å². The Kier molecular flexibility index (Phi) is 4.38. The Morgan fingerprint density at radius 1 is 1.25 bits per heavy atom. The van der Waals surface area contributed by atoms with Gasteiger partial charge < -0.3 is 5.32 Å². The van der Waals surface area contributed by atoms with Crippen molar-refractivity contribution < 1.29 is 8.78 Å². The number of pyridine rings is 1. The fourth-order valence-electron chi connectivity index (χ4n) is 1.85. The van der Waals surface area contributed by atoms with Gasteiger partial charge in [0, 0.05) is 24.8 Å². The predicted octanol–water partition coefficient (Wildman–Crippen LogP) is 2.83. The maximum absolute atomic E-state index is 13.7. The third kappa shape index (κ3) is 3.16. The van der Waals surface area contributed by atoms with Crippen LogP contribution in [0, 0.1) is 29.9 Å². The van der Waals surface area contributed by atoms with Crippen LogP contribution in [0.2, 0.25) is 0 Å². The van der Waals surface area contributed by atoms with Gasteiger partial charge in [-0.05, 0) is 30.7 Å². The Balaban J connectivity index is 2.05. The molecule has 3 nitrogen and oxygen atoms in total. The predicted molar refractivity (Wildman–Crippen MR) is 70.6 cm³/mol. The maximum Gasteiger partial charge on any atom is 0.131 e. The summed E-state index contributed by atoms with van der Waals surface area (Å²) in [7, 11) is 0. The van der Waals surface area contributed by atoms with Crippen LogP contribution in [0.25, 0.3) is 0 Å². The number of aryl methyl sites for hydroxylation is 1. The van der Waals surface area contributed by atoms with Crippen LogP contribution in [-0.2, 0) is 13.1 Å². The molecule has 1 aromatic heterocycles. The molecule has 20 heavy (non-hydrogen) atoms. The molecule has 1 aromatic carbocycles. The highest BCUT2D eigenvalue weighted by atomic mass is 19.1. The maximum atomic E-state index is 13.7. The number of aromatic nitrogens is 1. The molecule has 1 N–H and O–H groups in total. The van der Waals surface area contributed by atoms with Crippen LogP contribution in [-0.4, -0.2) is 4.98 Å². The standard InChI is InChI=1S/C15H13F2N3/c1-10-3-2-4-20-15(10)9-19-8-12-13(16)5-11(7-18)6-14(12)17/h2-6,19H,8-9H2,1H3. The van der Waals surface area contributed by atoms with Gasteiger partial charge in [0.15, 0.2) is 0 Å². The first-order valence-corrected chi connectivity index (χ1v) is 6.11. The number of nitrogens with zero attached hydrogens (tertiary/aromatic N) is 2. The molecule has 0 unspecified atom stereocenters. The van der Waals surface area contributed by atoms with Crippen molar-refractivity contribution in [3.05, 3.63) is 64.5 Å². The largest absolute Gasteiger partial charge is 0.307 e. The molecular weight excluding hydrogens is 260 g/mol. The minimum Gasteiger partial charge on any atom is -0.307 e. The first-order chi connectivity index (χ1) is 9.61. The summed E-state index contributed by atoms with van der Waals surface area (Å²) in [5.74, 6) is -1.43. The molecule has 102 valence electrons. The van der Waals surface area contributed by atoms with Crippen LogP contribution in [0.1, 0.15) is 22.4 Å². The number of hydrogen-bond acceptors (Lipinski definition) is 3. The lowest BCUT2D eigenvalue weighted by Gasteiger charge is -2.08. The Morgan fingerprint density at radius 3 is 2.55 bits per heavy atom. The van der Waals surface area contributed by atoms with Crippen molar-refractivity contribution >= 4 is 0 Å². The number of rotatable bonds is 4. The molecule has 0 spiro atoms. The molecule has 0 aliphatic heterocycles. The van der Waals surface area contributed by atoms with Crippen molar-refractivity contribution in [2.45, 2.75) is 20.0 Å². The van der Waals surface area contributed by atoms with Crippen LogP contribution in [0.4, 0.5) is 8.78 Å². The highest BCUT2D eigenvalue weighted by molar-refractivity contribution is 5.34. The summed E-state index contributed by atoms with van der Waals surface area (Å²) < 4.78 is 27.3. The topological polar surface area (TPSA) is 48.7 Å². The third-order valence-corrected chi connectivity index (χ3v) is 2.98. The van der Waals surface area contributed by atoms with Crippen molar-refractivity contribution in [2.75, 3.05) is 0 Å². The molecule has 0 fully saturated rings. The first-order valence-electron chi connectivity index (χ1n) is 6.11. The lowest BCUT2D eigenvalue weighted by molar-refractivity contribution is 0.533. The van der Waals surface area contributed by atoms with Crippen molar-refractivity contribution in [2.24, 2.45) is 0 Å². The number of benzene rings is 1. The summed E-state index contributed by atoms with van der Waals surface area (Å²) >= 11 is 0. The molecule has 1 heterocycles. The smallest absolute Gasteiger partial charge is 0.131 e. The molecule has 0 amide bonds. The van der Waals surface area contributed by atoms with Crippen LogP contribution >= 0.6 is 0 Å². The van der Waals surface area contributed by atoms with E-state index in [1.807, 2.05) is 19.1 Å². The van der Waals surface area contributed by atoms with Gasteiger partial charge in [0.2, 0.25) is 0 Å². The van der Waals surface area contributed by atoms with E-state index in [9.17, 15) is 8.78 Å². The molecule has 0 radical (unpaired) electrons. The van der Waals surface area contributed by atoms with Gasteiger partial charge in [0.25, 0.3) is 0 Å². The SMILES string of the molecule is Cc1cccnc1CNCc1c(F)cc(C#N)cc1F. The molecule has 0 atom stereocenters. The van der Waals surface area contributed by atoms with E-state index in [-0.39, 0.29) is 17.7 Å². The fraction of sp³-hybridized carbons (Fsp3) is 0.200. The molecule has 0 saturated heterocycles. The summed E-state index contributed by atoms with van der Waals surface area (Å²) in [6.07, 6.45) is 1.67. The Bertz CT molecular complexity index is 639. The number of hydrogen-bond donors (Lipinski definition) is 1. The summed E-state index contributed by atoms with van der Waals surface area (Å²) in [5, 5.41) is 11.6. The van der Waals surface area contributed by atoms with E-state index in [0.29, 0.717) is 6.54 Å². The lowest BCUT2D eigenvalue weighted by atomic mass is 10.1. The van der Waals surface area contributed by atoms with Crippen LogP contribution < -0.4 is 5.32 Å². The Morgan fingerprint density at radius 2 is 1.95 bits per heavy atom. The highest BCUT2D eigenvalue weighted by Gasteiger charge is 2.11. The molecule has 2 rings (SSSR count). The zero-order chi connectivity index (χ0) is 14.5. The second-order valence-electron chi connectivity index (χ2n) is 4.40. The van der Waals surface area contributed by atoms with Gasteiger partial charge in [0.05, 0.1) is 17.3 Å². The molecule has 0 saturated carbocycles. The summed E-state index contributed by atoms with van der Waals surface area (Å²) in [4.78, 5) is 4.19. The van der Waals surface area contributed by atoms with Gasteiger partial charge in [-0.2, -0.15) is 5.26 Å². The van der Waals surface area contributed by atoms with E-state index >= 15 is 0 Å². The molecule has 0 aliphatic carbocycles. The number of halogens is 2. The van der Waals surface area contributed by atoms with Crippen LogP contribution in [0.3, 0.4) is 0 Å². The summed E-state index contributed by atoms with van der Waals surface area (Å²) in [6, 6.07) is 7.54. The van der Waals surface area contributed by atoms with Gasteiger partial charge in [-0.25, -0.2) is 8.78 Å². The average Bonchev–Trinajstić information content (AvgIpc) is 2.43. The van der Waals surface area contributed by atoms with E-state index in [1.165, 1.54) is 0 Å². The Labute approximate surface area is 115 Å². The normalized spacial score (nSPS) is 10.3. The van der Waals surface area contributed by atoms with Crippen molar-refractivity contribution in [3.63, 3.8) is 0 Å². The average molecular weight is 273 g/mol. The number of nitriles is 1. The quantitative estimate of drug-likeness (QED) is 0.931. The monoisotopic (exact) mass is 273 g/mol.